The van der Waals surface area contributed by atoms with Crippen molar-refractivity contribution in [1.29, 1.82) is 0 Å². The Labute approximate surface area is 147 Å². The molecule has 0 aliphatic rings. The van der Waals surface area contributed by atoms with Crippen molar-refractivity contribution >= 4 is 12.1 Å². The first-order valence-corrected chi connectivity index (χ1v) is 8.05. The van der Waals surface area contributed by atoms with Crippen LogP contribution in [0.25, 0.3) is 0 Å². The zero-order chi connectivity index (χ0) is 19.3. The van der Waals surface area contributed by atoms with E-state index in [2.05, 4.69) is 5.32 Å². The molecule has 140 valence electrons. The van der Waals surface area contributed by atoms with E-state index in [0.717, 1.165) is 0 Å². The van der Waals surface area contributed by atoms with E-state index in [0.29, 0.717) is 5.75 Å². The molecule has 0 radical (unpaired) electrons. The molecule has 1 rings (SSSR count). The number of rotatable bonds is 7. The molecule has 0 bridgehead atoms. The molecule has 1 amide bonds. The summed E-state index contributed by atoms with van der Waals surface area (Å²) >= 11 is 0. The molecule has 0 aromatic heterocycles. The van der Waals surface area contributed by atoms with Gasteiger partial charge in [0.15, 0.2) is 0 Å². The van der Waals surface area contributed by atoms with Gasteiger partial charge in [0.2, 0.25) is 0 Å². The number of carboxylic acid groups (broad SMARTS) is 1. The largest absolute Gasteiger partial charge is 0.497 e. The number of methoxy groups -OCH3 is 1. The van der Waals surface area contributed by atoms with Gasteiger partial charge in [0.05, 0.1) is 12.5 Å². The quantitative estimate of drug-likeness (QED) is 0.783. The van der Waals surface area contributed by atoms with Crippen LogP contribution < -0.4 is 10.1 Å². The molecule has 1 atom stereocenters. The molecular weight excluding hydrogens is 329 g/mol. The number of hydrogen-bond acceptors (Lipinski definition) is 4. The van der Waals surface area contributed by atoms with Crippen molar-refractivity contribution in [2.75, 3.05) is 13.7 Å². The number of nitrogens with one attached hydrogen (secondary N) is 1. The molecule has 0 saturated heterocycles. The number of ether oxygens (including phenoxy) is 2. The SMILES string of the molecule is CCC(CNC(=O)OC(C)(C)C)(Cc1ccc(OC)cc1F)C(=O)O. The maximum Gasteiger partial charge on any atom is 0.407 e. The van der Waals surface area contributed by atoms with Gasteiger partial charge in [-0.15, -0.1) is 0 Å². The van der Waals surface area contributed by atoms with Crippen LogP contribution in [0.2, 0.25) is 0 Å². The number of amides is 1. The lowest BCUT2D eigenvalue weighted by Crippen LogP contribution is -2.45. The number of hydrogen-bond donors (Lipinski definition) is 2. The Morgan fingerprint density at radius 1 is 1.28 bits per heavy atom. The summed E-state index contributed by atoms with van der Waals surface area (Å²) in [5.74, 6) is -1.30. The highest BCUT2D eigenvalue weighted by molar-refractivity contribution is 5.77. The number of aliphatic carboxylic acids is 1. The predicted octanol–water partition coefficient (Wildman–Crippen LogP) is 3.38. The van der Waals surface area contributed by atoms with Crippen molar-refractivity contribution in [3.05, 3.63) is 29.6 Å². The molecule has 1 aromatic carbocycles. The van der Waals surface area contributed by atoms with Gasteiger partial charge in [-0.25, -0.2) is 9.18 Å². The number of carbonyl (C=O) groups excluding carboxylic acids is 1. The second-order valence-electron chi connectivity index (χ2n) is 6.93. The molecule has 2 N–H and O–H groups in total. The lowest BCUT2D eigenvalue weighted by molar-refractivity contribution is -0.148. The lowest BCUT2D eigenvalue weighted by atomic mass is 9.79. The molecule has 0 aliphatic carbocycles. The van der Waals surface area contributed by atoms with Gasteiger partial charge < -0.3 is 19.9 Å². The fraction of sp³-hybridized carbons (Fsp3) is 0.556. The fourth-order valence-corrected chi connectivity index (χ4v) is 2.33. The molecule has 0 fully saturated rings. The average molecular weight is 355 g/mol. The third-order valence-corrected chi connectivity index (χ3v) is 3.89. The molecule has 0 aliphatic heterocycles. The summed E-state index contributed by atoms with van der Waals surface area (Å²) < 4.78 is 24.3. The van der Waals surface area contributed by atoms with Gasteiger partial charge in [0.1, 0.15) is 17.2 Å². The maximum atomic E-state index is 14.2. The highest BCUT2D eigenvalue weighted by Crippen LogP contribution is 2.29. The van der Waals surface area contributed by atoms with E-state index >= 15 is 0 Å². The fourth-order valence-electron chi connectivity index (χ4n) is 2.33. The van der Waals surface area contributed by atoms with Crippen molar-refractivity contribution in [2.45, 2.75) is 46.1 Å². The number of alkyl carbamates (subject to hydrolysis) is 1. The number of carboxylic acids is 1. The van der Waals surface area contributed by atoms with Crippen LogP contribution in [-0.2, 0) is 16.0 Å². The molecule has 25 heavy (non-hydrogen) atoms. The first-order valence-electron chi connectivity index (χ1n) is 8.05. The van der Waals surface area contributed by atoms with E-state index in [9.17, 15) is 19.1 Å². The Morgan fingerprint density at radius 3 is 2.36 bits per heavy atom. The van der Waals surface area contributed by atoms with Crippen LogP contribution in [0, 0.1) is 11.2 Å². The summed E-state index contributed by atoms with van der Waals surface area (Å²) in [6, 6.07) is 4.27. The highest BCUT2D eigenvalue weighted by Gasteiger charge is 2.38. The first-order chi connectivity index (χ1) is 11.5. The van der Waals surface area contributed by atoms with Gasteiger partial charge in [-0.2, -0.15) is 0 Å². The van der Waals surface area contributed by atoms with Crippen LogP contribution in [-0.4, -0.2) is 36.4 Å². The van der Waals surface area contributed by atoms with E-state index in [1.165, 1.54) is 19.2 Å². The molecule has 7 heteroatoms. The van der Waals surface area contributed by atoms with E-state index in [4.69, 9.17) is 9.47 Å². The molecular formula is C18H26FNO5. The molecule has 1 unspecified atom stereocenters. The second kappa shape index (κ2) is 8.18. The molecule has 0 saturated carbocycles. The normalized spacial score (nSPS) is 13.7. The van der Waals surface area contributed by atoms with E-state index in [1.807, 2.05) is 0 Å². The third kappa shape index (κ3) is 5.92. The van der Waals surface area contributed by atoms with Gasteiger partial charge in [-0.1, -0.05) is 13.0 Å². The van der Waals surface area contributed by atoms with Crippen molar-refractivity contribution in [3.63, 3.8) is 0 Å². The Bertz CT molecular complexity index is 626. The number of carbonyl (C=O) groups is 2. The van der Waals surface area contributed by atoms with Crippen LogP contribution in [0.1, 0.15) is 39.7 Å². The number of benzene rings is 1. The smallest absolute Gasteiger partial charge is 0.407 e. The zero-order valence-electron chi connectivity index (χ0n) is 15.3. The van der Waals surface area contributed by atoms with Crippen molar-refractivity contribution in [2.24, 2.45) is 5.41 Å². The van der Waals surface area contributed by atoms with E-state index in [-0.39, 0.29) is 24.9 Å². The summed E-state index contributed by atoms with van der Waals surface area (Å²) in [6.07, 6.45) is -0.560. The Kier molecular flexibility index (Phi) is 6.78. The van der Waals surface area contributed by atoms with Gasteiger partial charge in [-0.05, 0) is 45.2 Å². The minimum absolute atomic E-state index is 0.0650. The second-order valence-corrected chi connectivity index (χ2v) is 6.93. The van der Waals surface area contributed by atoms with Crippen molar-refractivity contribution in [1.82, 2.24) is 5.32 Å². The van der Waals surface area contributed by atoms with Crippen LogP contribution in [0.5, 0.6) is 5.75 Å². The van der Waals surface area contributed by atoms with Crippen molar-refractivity contribution < 1.29 is 28.6 Å². The Morgan fingerprint density at radius 2 is 1.92 bits per heavy atom. The van der Waals surface area contributed by atoms with E-state index < -0.39 is 28.9 Å². The Hall–Kier alpha value is -2.31. The minimum atomic E-state index is -1.34. The van der Waals surface area contributed by atoms with Crippen LogP contribution in [0.15, 0.2) is 18.2 Å². The predicted molar refractivity (Wildman–Crippen MR) is 91.3 cm³/mol. The standard InChI is InChI=1S/C18H26FNO5/c1-6-18(15(21)22,11-20-16(23)25-17(2,3)4)10-12-7-8-13(24-5)9-14(12)19/h7-9H,6,10-11H2,1-5H3,(H,20,23)(H,21,22). The van der Waals surface area contributed by atoms with Gasteiger partial charge in [0.25, 0.3) is 0 Å². The first kappa shape index (κ1) is 20.7. The topological polar surface area (TPSA) is 84.9 Å². The lowest BCUT2D eigenvalue weighted by Gasteiger charge is -2.29. The van der Waals surface area contributed by atoms with E-state index in [1.54, 1.807) is 33.8 Å². The summed E-state index contributed by atoms with van der Waals surface area (Å²) in [5, 5.41) is 12.2. The average Bonchev–Trinajstić information content (AvgIpc) is 2.51. The molecule has 0 heterocycles. The van der Waals surface area contributed by atoms with Gasteiger partial charge >= 0.3 is 12.1 Å². The minimum Gasteiger partial charge on any atom is -0.497 e. The third-order valence-electron chi connectivity index (χ3n) is 3.89. The molecule has 1 aromatic rings. The van der Waals surface area contributed by atoms with Crippen LogP contribution in [0.3, 0.4) is 0 Å². The summed E-state index contributed by atoms with van der Waals surface area (Å²) in [4.78, 5) is 23.7. The number of halogens is 1. The summed E-state index contributed by atoms with van der Waals surface area (Å²) in [7, 11) is 1.42. The molecule has 0 spiro atoms. The van der Waals surface area contributed by atoms with Gasteiger partial charge in [0, 0.05) is 12.6 Å². The highest BCUT2D eigenvalue weighted by atomic mass is 19.1. The summed E-state index contributed by atoms with van der Waals surface area (Å²) in [6.45, 7) is 6.66. The summed E-state index contributed by atoms with van der Waals surface area (Å²) in [5.41, 5.74) is -1.78. The molecule has 6 nitrogen and oxygen atoms in total. The monoisotopic (exact) mass is 355 g/mol. The maximum absolute atomic E-state index is 14.2. The van der Waals surface area contributed by atoms with Crippen LogP contribution >= 0.6 is 0 Å². The zero-order valence-corrected chi connectivity index (χ0v) is 15.3. The van der Waals surface area contributed by atoms with Crippen LogP contribution in [0.4, 0.5) is 9.18 Å². The Balaban J connectivity index is 2.96. The van der Waals surface area contributed by atoms with Crippen molar-refractivity contribution in [3.8, 4) is 5.75 Å². The van der Waals surface area contributed by atoms with Gasteiger partial charge in [-0.3, -0.25) is 4.79 Å².